The van der Waals surface area contributed by atoms with Gasteiger partial charge in [0.15, 0.2) is 0 Å². The summed E-state index contributed by atoms with van der Waals surface area (Å²) in [5.74, 6) is 0.721. The Hall–Kier alpha value is -2.15. The molecule has 1 amide bonds. The molecule has 0 saturated carbocycles. The fourth-order valence-corrected chi connectivity index (χ4v) is 4.67. The zero-order valence-electron chi connectivity index (χ0n) is 18.0. The van der Waals surface area contributed by atoms with Crippen molar-refractivity contribution < 1.29 is 4.79 Å². The van der Waals surface area contributed by atoms with E-state index < -0.39 is 0 Å². The van der Waals surface area contributed by atoms with Crippen LogP contribution >= 0.6 is 23.1 Å². The highest BCUT2D eigenvalue weighted by atomic mass is 32.2. The van der Waals surface area contributed by atoms with Crippen molar-refractivity contribution in [2.24, 2.45) is 0 Å². The fraction of sp³-hybridized carbons (Fsp3) is 0.333. The van der Waals surface area contributed by atoms with E-state index in [9.17, 15) is 4.79 Å². The van der Waals surface area contributed by atoms with Crippen LogP contribution in [0.3, 0.4) is 0 Å². The molecule has 0 saturated heterocycles. The van der Waals surface area contributed by atoms with Gasteiger partial charge < -0.3 is 5.32 Å². The molecule has 0 aliphatic rings. The molecule has 0 fully saturated rings. The first-order chi connectivity index (χ1) is 14.4. The van der Waals surface area contributed by atoms with E-state index in [0.717, 1.165) is 33.5 Å². The second-order valence-corrected chi connectivity index (χ2v) is 9.68. The van der Waals surface area contributed by atoms with Crippen LogP contribution in [0.4, 0.5) is 0 Å². The summed E-state index contributed by atoms with van der Waals surface area (Å²) >= 11 is 3.31. The average molecular weight is 440 g/mol. The summed E-state index contributed by atoms with van der Waals surface area (Å²) in [5, 5.41) is 6.26. The van der Waals surface area contributed by atoms with Crippen molar-refractivity contribution in [2.75, 3.05) is 7.05 Å². The van der Waals surface area contributed by atoms with Crippen LogP contribution in [0.5, 0.6) is 0 Å². The lowest BCUT2D eigenvalue weighted by Crippen LogP contribution is -2.28. The number of rotatable bonds is 9. The van der Waals surface area contributed by atoms with E-state index in [1.807, 2.05) is 37.3 Å². The second kappa shape index (κ2) is 10.8. The zero-order chi connectivity index (χ0) is 21.5. The van der Waals surface area contributed by atoms with Crippen molar-refractivity contribution in [2.45, 2.75) is 50.6 Å². The third-order valence-corrected chi connectivity index (χ3v) is 6.96. The van der Waals surface area contributed by atoms with Gasteiger partial charge >= 0.3 is 0 Å². The molecule has 0 unspecified atom stereocenters. The SMILES string of the molecule is Cc1nc(CSc2ccccc2C(=O)NCc2ccccc2CN(C)C(C)C)cs1. The van der Waals surface area contributed by atoms with Crippen molar-refractivity contribution in [3.8, 4) is 0 Å². The molecule has 2 aromatic carbocycles. The smallest absolute Gasteiger partial charge is 0.252 e. The van der Waals surface area contributed by atoms with Gasteiger partial charge in [0.1, 0.15) is 0 Å². The van der Waals surface area contributed by atoms with Crippen molar-refractivity contribution in [1.82, 2.24) is 15.2 Å². The standard InChI is InChI=1S/C24H29N3OS2/c1-17(2)27(4)14-20-10-6-5-9-19(20)13-25-24(28)22-11-7-8-12-23(22)30-16-21-15-29-18(3)26-21/h5-12,15,17H,13-14,16H2,1-4H3,(H,25,28). The Bertz CT molecular complexity index is 984. The van der Waals surface area contributed by atoms with Crippen molar-refractivity contribution in [1.29, 1.82) is 0 Å². The average Bonchev–Trinajstić information content (AvgIpc) is 3.16. The highest BCUT2D eigenvalue weighted by molar-refractivity contribution is 7.98. The normalized spacial score (nSPS) is 11.3. The van der Waals surface area contributed by atoms with E-state index in [1.54, 1.807) is 23.1 Å². The molecular weight excluding hydrogens is 410 g/mol. The third-order valence-electron chi connectivity index (χ3n) is 5.03. The molecule has 1 aromatic heterocycles. The Morgan fingerprint density at radius 2 is 1.83 bits per heavy atom. The van der Waals surface area contributed by atoms with Gasteiger partial charge in [-0.25, -0.2) is 4.98 Å². The first kappa shape index (κ1) is 22.5. The summed E-state index contributed by atoms with van der Waals surface area (Å²) in [6.07, 6.45) is 0. The first-order valence-electron chi connectivity index (χ1n) is 10.1. The van der Waals surface area contributed by atoms with Gasteiger partial charge in [-0.05, 0) is 51.1 Å². The Kier molecular flexibility index (Phi) is 8.08. The predicted molar refractivity (Wildman–Crippen MR) is 127 cm³/mol. The first-order valence-corrected chi connectivity index (χ1v) is 12.0. The molecule has 3 aromatic rings. The number of carbonyl (C=O) groups excluding carboxylic acids is 1. The number of aromatic nitrogens is 1. The molecule has 0 aliphatic heterocycles. The van der Waals surface area contributed by atoms with Gasteiger partial charge in [0.25, 0.3) is 5.91 Å². The minimum Gasteiger partial charge on any atom is -0.348 e. The Morgan fingerprint density at radius 3 is 2.53 bits per heavy atom. The van der Waals surface area contributed by atoms with E-state index in [0.29, 0.717) is 18.2 Å². The van der Waals surface area contributed by atoms with E-state index in [1.165, 1.54) is 5.56 Å². The van der Waals surface area contributed by atoms with Gasteiger partial charge in [0, 0.05) is 35.2 Å². The highest BCUT2D eigenvalue weighted by Crippen LogP contribution is 2.27. The van der Waals surface area contributed by atoms with Gasteiger partial charge in [-0.2, -0.15) is 0 Å². The summed E-state index contributed by atoms with van der Waals surface area (Å²) in [6, 6.07) is 16.6. The fourth-order valence-electron chi connectivity index (χ4n) is 3.01. The van der Waals surface area contributed by atoms with Crippen LogP contribution in [0.1, 0.15) is 46.0 Å². The molecular formula is C24H29N3OS2. The summed E-state index contributed by atoms with van der Waals surface area (Å²) in [6.45, 7) is 7.77. The number of aryl methyl sites for hydroxylation is 1. The maximum absolute atomic E-state index is 12.9. The molecule has 0 bridgehead atoms. The lowest BCUT2D eigenvalue weighted by Gasteiger charge is -2.22. The summed E-state index contributed by atoms with van der Waals surface area (Å²) < 4.78 is 0. The number of amides is 1. The number of nitrogens with zero attached hydrogens (tertiary/aromatic N) is 2. The second-order valence-electron chi connectivity index (χ2n) is 7.60. The van der Waals surface area contributed by atoms with Gasteiger partial charge in [0.2, 0.25) is 0 Å². The topological polar surface area (TPSA) is 45.2 Å². The van der Waals surface area contributed by atoms with E-state index in [4.69, 9.17) is 0 Å². The number of thiazole rings is 1. The minimum absolute atomic E-state index is 0.0421. The molecule has 1 N–H and O–H groups in total. The maximum atomic E-state index is 12.9. The van der Waals surface area contributed by atoms with E-state index in [2.05, 4.69) is 59.7 Å². The molecule has 0 aliphatic carbocycles. The van der Waals surface area contributed by atoms with Crippen LogP contribution in [0, 0.1) is 6.92 Å². The predicted octanol–water partition coefficient (Wildman–Crippen LogP) is 5.51. The van der Waals surface area contributed by atoms with Gasteiger partial charge in [-0.1, -0.05) is 36.4 Å². The monoisotopic (exact) mass is 439 g/mol. The Balaban J connectivity index is 1.66. The molecule has 4 nitrogen and oxygen atoms in total. The third kappa shape index (κ3) is 6.17. The summed E-state index contributed by atoms with van der Waals surface area (Å²) in [5.41, 5.74) is 4.17. The highest BCUT2D eigenvalue weighted by Gasteiger charge is 2.13. The van der Waals surface area contributed by atoms with Gasteiger partial charge in [-0.15, -0.1) is 23.1 Å². The number of hydrogen-bond acceptors (Lipinski definition) is 5. The lowest BCUT2D eigenvalue weighted by atomic mass is 10.1. The Morgan fingerprint density at radius 1 is 1.13 bits per heavy atom. The van der Waals surface area contributed by atoms with Crippen molar-refractivity contribution in [3.05, 3.63) is 81.3 Å². The molecule has 30 heavy (non-hydrogen) atoms. The summed E-state index contributed by atoms with van der Waals surface area (Å²) in [7, 11) is 2.12. The van der Waals surface area contributed by atoms with Crippen LogP contribution in [-0.4, -0.2) is 28.9 Å². The minimum atomic E-state index is -0.0421. The number of nitrogens with one attached hydrogen (secondary N) is 1. The lowest BCUT2D eigenvalue weighted by molar-refractivity contribution is 0.0948. The molecule has 0 spiro atoms. The zero-order valence-corrected chi connectivity index (χ0v) is 19.6. The molecule has 0 radical (unpaired) electrons. The Labute approximate surface area is 187 Å². The van der Waals surface area contributed by atoms with Gasteiger partial charge in [0.05, 0.1) is 16.3 Å². The summed E-state index contributed by atoms with van der Waals surface area (Å²) in [4.78, 5) is 20.7. The van der Waals surface area contributed by atoms with E-state index in [-0.39, 0.29) is 5.91 Å². The molecule has 158 valence electrons. The van der Waals surface area contributed by atoms with Crippen molar-refractivity contribution in [3.63, 3.8) is 0 Å². The molecule has 1 heterocycles. The van der Waals surface area contributed by atoms with Crippen LogP contribution in [0.2, 0.25) is 0 Å². The van der Waals surface area contributed by atoms with Gasteiger partial charge in [-0.3, -0.25) is 9.69 Å². The van der Waals surface area contributed by atoms with Crippen LogP contribution in [-0.2, 0) is 18.8 Å². The number of benzene rings is 2. The largest absolute Gasteiger partial charge is 0.348 e. The molecule has 6 heteroatoms. The quantitative estimate of drug-likeness (QED) is 0.446. The van der Waals surface area contributed by atoms with Crippen LogP contribution in [0.25, 0.3) is 0 Å². The van der Waals surface area contributed by atoms with Crippen LogP contribution < -0.4 is 5.32 Å². The molecule has 3 rings (SSSR count). The number of carbonyl (C=O) groups is 1. The molecule has 0 atom stereocenters. The van der Waals surface area contributed by atoms with Crippen LogP contribution in [0.15, 0.2) is 58.8 Å². The van der Waals surface area contributed by atoms with Crippen molar-refractivity contribution >= 4 is 29.0 Å². The van der Waals surface area contributed by atoms with E-state index >= 15 is 0 Å². The number of hydrogen-bond donors (Lipinski definition) is 1. The number of thioether (sulfide) groups is 1. The maximum Gasteiger partial charge on any atom is 0.252 e.